The van der Waals surface area contributed by atoms with Gasteiger partial charge >= 0.3 is 0 Å². The molecular formula is C21H36N4O3. The van der Waals surface area contributed by atoms with E-state index in [4.69, 9.17) is 9.47 Å². The number of ether oxygens (including phenoxy) is 2. The highest BCUT2D eigenvalue weighted by Crippen LogP contribution is 2.56. The first-order chi connectivity index (χ1) is 13.2. The number of hydrogen-bond donors (Lipinski definition) is 3. The largest absolute Gasteiger partial charge is 0.380 e. The van der Waals surface area contributed by atoms with Crippen LogP contribution >= 0.6 is 0 Å². The van der Waals surface area contributed by atoms with Crippen molar-refractivity contribution in [2.45, 2.75) is 71.3 Å². The molecule has 3 aliphatic rings. The van der Waals surface area contributed by atoms with Crippen molar-refractivity contribution in [3.8, 4) is 6.07 Å². The van der Waals surface area contributed by atoms with E-state index in [0.29, 0.717) is 13.1 Å². The zero-order chi connectivity index (χ0) is 20.5. The van der Waals surface area contributed by atoms with Gasteiger partial charge in [0, 0.05) is 50.2 Å². The van der Waals surface area contributed by atoms with Crippen molar-refractivity contribution in [1.82, 2.24) is 16.0 Å². The van der Waals surface area contributed by atoms with E-state index in [1.165, 1.54) is 0 Å². The van der Waals surface area contributed by atoms with E-state index in [-0.39, 0.29) is 52.9 Å². The van der Waals surface area contributed by atoms with E-state index in [2.05, 4.69) is 49.7 Å². The van der Waals surface area contributed by atoms with Gasteiger partial charge in [-0.05, 0) is 12.8 Å². The number of methoxy groups -OCH3 is 1. The number of nitrogens with one attached hydrogen (secondary N) is 3. The lowest BCUT2D eigenvalue weighted by molar-refractivity contribution is -0.239. The lowest BCUT2D eigenvalue weighted by atomic mass is 9.49. The zero-order valence-electron chi connectivity index (χ0n) is 17.9. The molecule has 3 N–H and O–H groups in total. The minimum absolute atomic E-state index is 0.0379. The molecule has 2 aliphatic carbocycles. The Morgan fingerprint density at radius 3 is 2.36 bits per heavy atom. The van der Waals surface area contributed by atoms with Crippen LogP contribution in [0.25, 0.3) is 0 Å². The van der Waals surface area contributed by atoms with E-state index < -0.39 is 0 Å². The third-order valence-corrected chi connectivity index (χ3v) is 7.07. The molecule has 0 radical (unpaired) electrons. The van der Waals surface area contributed by atoms with E-state index in [9.17, 15) is 10.1 Å². The first kappa shape index (κ1) is 21.5. The Balaban J connectivity index is 1.61. The summed E-state index contributed by atoms with van der Waals surface area (Å²) >= 11 is 0. The minimum atomic E-state index is -0.149. The molecular weight excluding hydrogens is 356 g/mol. The van der Waals surface area contributed by atoms with Crippen LogP contribution in [0.1, 0.15) is 47.0 Å². The van der Waals surface area contributed by atoms with Crippen LogP contribution in [0.3, 0.4) is 0 Å². The molecule has 1 aliphatic heterocycles. The van der Waals surface area contributed by atoms with Gasteiger partial charge in [-0.1, -0.05) is 27.7 Å². The first-order valence-corrected chi connectivity index (χ1v) is 10.5. The summed E-state index contributed by atoms with van der Waals surface area (Å²) in [7, 11) is 1.68. The second-order valence-corrected chi connectivity index (χ2v) is 9.83. The van der Waals surface area contributed by atoms with Crippen molar-refractivity contribution in [3.63, 3.8) is 0 Å². The van der Waals surface area contributed by atoms with E-state index in [1.54, 1.807) is 7.11 Å². The maximum Gasteiger partial charge on any atom is 0.225 e. The Morgan fingerprint density at radius 2 is 1.79 bits per heavy atom. The molecule has 3 rings (SSSR count). The van der Waals surface area contributed by atoms with Crippen LogP contribution in [0.2, 0.25) is 0 Å². The quantitative estimate of drug-likeness (QED) is 0.655. The van der Waals surface area contributed by atoms with Crippen molar-refractivity contribution < 1.29 is 14.3 Å². The maximum atomic E-state index is 12.7. The summed E-state index contributed by atoms with van der Waals surface area (Å²) in [6.07, 6.45) is 2.55. The van der Waals surface area contributed by atoms with Crippen LogP contribution < -0.4 is 16.0 Å². The highest BCUT2D eigenvalue weighted by molar-refractivity contribution is 5.80. The Bertz CT molecular complexity index is 593. The molecule has 3 fully saturated rings. The number of carbonyl (C=O) groups excluding carboxylic acids is 1. The van der Waals surface area contributed by atoms with Crippen LogP contribution in [-0.2, 0) is 14.3 Å². The number of rotatable bonds is 5. The monoisotopic (exact) mass is 392 g/mol. The normalized spacial score (nSPS) is 37.5. The fourth-order valence-corrected chi connectivity index (χ4v) is 5.76. The molecule has 3 atom stereocenters. The summed E-state index contributed by atoms with van der Waals surface area (Å²) < 4.78 is 12.1. The molecule has 0 aromatic carbocycles. The SMILES string of the molecule is COC1CC(OC2C(C)(C)C(NC(=O)C3CNCNC3)C2(C)C)CCC1C#N. The summed E-state index contributed by atoms with van der Waals surface area (Å²) in [6.45, 7) is 10.9. The minimum Gasteiger partial charge on any atom is -0.380 e. The molecule has 0 spiro atoms. The number of amides is 1. The van der Waals surface area contributed by atoms with Gasteiger partial charge in [-0.25, -0.2) is 0 Å². The van der Waals surface area contributed by atoms with Gasteiger partial charge in [0.15, 0.2) is 0 Å². The van der Waals surface area contributed by atoms with Gasteiger partial charge in [0.2, 0.25) is 5.91 Å². The highest BCUT2D eigenvalue weighted by Gasteiger charge is 2.63. The lowest BCUT2D eigenvalue weighted by Gasteiger charge is -2.64. The summed E-state index contributed by atoms with van der Waals surface area (Å²) in [5.74, 6) is 0.0272. The topological polar surface area (TPSA) is 95.4 Å². The molecule has 1 saturated heterocycles. The smallest absolute Gasteiger partial charge is 0.225 e. The van der Waals surface area contributed by atoms with Gasteiger partial charge in [0.25, 0.3) is 0 Å². The highest BCUT2D eigenvalue weighted by atomic mass is 16.5. The van der Waals surface area contributed by atoms with Crippen LogP contribution in [0, 0.1) is 34.0 Å². The van der Waals surface area contributed by atoms with E-state index >= 15 is 0 Å². The van der Waals surface area contributed by atoms with E-state index in [1.807, 2.05) is 0 Å². The average molecular weight is 393 g/mol. The molecule has 7 heteroatoms. The predicted octanol–water partition coefficient (Wildman–Crippen LogP) is 1.40. The Morgan fingerprint density at radius 1 is 1.14 bits per heavy atom. The van der Waals surface area contributed by atoms with Crippen LogP contribution in [-0.4, -0.2) is 57.1 Å². The molecule has 3 unspecified atom stereocenters. The molecule has 0 bridgehead atoms. The molecule has 2 saturated carbocycles. The second-order valence-electron chi connectivity index (χ2n) is 9.83. The third-order valence-electron chi connectivity index (χ3n) is 7.07. The third kappa shape index (κ3) is 3.93. The van der Waals surface area contributed by atoms with Crippen molar-refractivity contribution >= 4 is 5.91 Å². The molecule has 28 heavy (non-hydrogen) atoms. The maximum absolute atomic E-state index is 12.7. The summed E-state index contributed by atoms with van der Waals surface area (Å²) in [5.41, 5.74) is -0.299. The number of carbonyl (C=O) groups is 1. The number of nitriles is 1. The molecule has 1 amide bonds. The first-order valence-electron chi connectivity index (χ1n) is 10.5. The molecule has 1 heterocycles. The summed E-state index contributed by atoms with van der Waals surface area (Å²) in [5, 5.41) is 19.0. The van der Waals surface area contributed by atoms with Gasteiger partial charge < -0.3 is 25.4 Å². The van der Waals surface area contributed by atoms with Crippen LogP contribution in [0.15, 0.2) is 0 Å². The van der Waals surface area contributed by atoms with Crippen molar-refractivity contribution in [3.05, 3.63) is 0 Å². The fourth-order valence-electron chi connectivity index (χ4n) is 5.76. The Kier molecular flexibility index (Phi) is 6.35. The molecule has 158 valence electrons. The lowest BCUT2D eigenvalue weighted by Crippen LogP contribution is -2.75. The van der Waals surface area contributed by atoms with Gasteiger partial charge in [0.1, 0.15) is 0 Å². The Hall–Kier alpha value is -1.20. The predicted molar refractivity (Wildman–Crippen MR) is 106 cm³/mol. The number of hydrogen-bond acceptors (Lipinski definition) is 6. The average Bonchev–Trinajstić information content (AvgIpc) is 2.69. The zero-order valence-corrected chi connectivity index (χ0v) is 17.9. The van der Waals surface area contributed by atoms with Crippen molar-refractivity contribution in [2.75, 3.05) is 26.9 Å². The summed E-state index contributed by atoms with van der Waals surface area (Å²) in [6, 6.07) is 2.42. The standard InChI is InChI=1S/C21H36N4O3/c1-20(2)18(25-17(26)14-10-23-12-24-11-14)21(3,4)19(20)28-15-7-6-13(9-22)16(8-15)27-5/h13-16,18-19,23-24H,6-8,10-12H2,1-5H3,(H,25,26). The van der Waals surface area contributed by atoms with Gasteiger partial charge in [-0.2, -0.15) is 5.26 Å². The van der Waals surface area contributed by atoms with Crippen LogP contribution in [0.4, 0.5) is 0 Å². The van der Waals surface area contributed by atoms with Gasteiger partial charge in [-0.15, -0.1) is 0 Å². The number of nitrogens with zero attached hydrogens (tertiary/aromatic N) is 1. The molecule has 0 aromatic heterocycles. The van der Waals surface area contributed by atoms with Gasteiger partial charge in [0.05, 0.1) is 36.2 Å². The van der Waals surface area contributed by atoms with Crippen molar-refractivity contribution in [2.24, 2.45) is 22.7 Å². The molecule has 7 nitrogen and oxygen atoms in total. The fraction of sp³-hybridized carbons (Fsp3) is 0.905. The Labute approximate surface area is 168 Å². The van der Waals surface area contributed by atoms with Gasteiger partial charge in [-0.3, -0.25) is 4.79 Å². The van der Waals surface area contributed by atoms with E-state index in [0.717, 1.165) is 25.9 Å². The molecule has 0 aromatic rings. The summed E-state index contributed by atoms with van der Waals surface area (Å²) in [4.78, 5) is 12.7. The van der Waals surface area contributed by atoms with Crippen molar-refractivity contribution in [1.29, 1.82) is 5.26 Å². The second kappa shape index (κ2) is 8.27. The van der Waals surface area contributed by atoms with Crippen LogP contribution in [0.5, 0.6) is 0 Å².